The molecular weight excluding hydrogens is 430 g/mol. The highest BCUT2D eigenvalue weighted by molar-refractivity contribution is 7.89. The lowest BCUT2D eigenvalue weighted by Crippen LogP contribution is -2.40. The average Bonchev–Trinajstić information content (AvgIpc) is 3.02. The molecule has 0 atom stereocenters. The van der Waals surface area contributed by atoms with E-state index >= 15 is 0 Å². The van der Waals surface area contributed by atoms with E-state index in [1.165, 1.54) is 10.4 Å². The van der Waals surface area contributed by atoms with E-state index in [-0.39, 0.29) is 36.5 Å². The molecule has 2 aliphatic rings. The van der Waals surface area contributed by atoms with Gasteiger partial charge in [0, 0.05) is 25.6 Å². The smallest absolute Gasteiger partial charge is 0.309 e. The number of fused-ring (bicyclic) bond motifs is 1. The van der Waals surface area contributed by atoms with Crippen LogP contribution in [0, 0.1) is 19.8 Å². The van der Waals surface area contributed by atoms with Crippen LogP contribution in [0.25, 0.3) is 0 Å². The third-order valence-corrected chi connectivity index (χ3v) is 7.70. The Kier molecular flexibility index (Phi) is 6.71. The largest absolute Gasteiger partial charge is 0.490 e. The van der Waals surface area contributed by atoms with Crippen LogP contribution >= 0.6 is 0 Å². The Labute approximate surface area is 189 Å². The molecule has 0 saturated carbocycles. The highest BCUT2D eigenvalue weighted by Crippen LogP contribution is 2.34. The standard InChI is InChI=1S/C24H29NO6S/c1-17-12-18(2)14-19(13-17)16-31-24(26)20-6-8-25(9-7-20)32(27,28)21-4-5-22-23(15-21)30-11-3-10-29-22/h4-5,12-15,20H,3,6-11,16H2,1-2H3. The van der Waals surface area contributed by atoms with Crippen LogP contribution in [-0.2, 0) is 26.2 Å². The Morgan fingerprint density at radius 1 is 1.00 bits per heavy atom. The quantitative estimate of drug-likeness (QED) is 0.636. The van der Waals surface area contributed by atoms with Crippen molar-refractivity contribution in [2.24, 2.45) is 5.92 Å². The van der Waals surface area contributed by atoms with Crippen LogP contribution in [0.3, 0.4) is 0 Å². The Morgan fingerprint density at radius 3 is 2.34 bits per heavy atom. The van der Waals surface area contributed by atoms with Crippen molar-refractivity contribution in [3.8, 4) is 11.5 Å². The molecule has 0 amide bonds. The van der Waals surface area contributed by atoms with Gasteiger partial charge in [0.05, 0.1) is 24.0 Å². The van der Waals surface area contributed by atoms with Crippen LogP contribution in [0.2, 0.25) is 0 Å². The monoisotopic (exact) mass is 459 g/mol. The maximum absolute atomic E-state index is 13.1. The predicted octanol–water partition coefficient (Wildman–Crippen LogP) is 3.61. The van der Waals surface area contributed by atoms with Gasteiger partial charge >= 0.3 is 5.97 Å². The van der Waals surface area contributed by atoms with Crippen LogP contribution in [0.1, 0.15) is 36.0 Å². The van der Waals surface area contributed by atoms with E-state index < -0.39 is 10.0 Å². The minimum Gasteiger partial charge on any atom is -0.490 e. The van der Waals surface area contributed by atoms with Crippen LogP contribution < -0.4 is 9.47 Å². The van der Waals surface area contributed by atoms with Crippen molar-refractivity contribution in [1.82, 2.24) is 4.31 Å². The molecule has 2 heterocycles. The number of hydrogen-bond acceptors (Lipinski definition) is 6. The summed E-state index contributed by atoms with van der Waals surface area (Å²) in [5.74, 6) is 0.452. The molecular formula is C24H29NO6S. The zero-order valence-electron chi connectivity index (χ0n) is 18.5. The first kappa shape index (κ1) is 22.6. The minimum atomic E-state index is -3.68. The minimum absolute atomic E-state index is 0.178. The number of benzene rings is 2. The second-order valence-electron chi connectivity index (χ2n) is 8.44. The maximum Gasteiger partial charge on any atom is 0.309 e. The first-order valence-corrected chi connectivity index (χ1v) is 12.4. The molecule has 32 heavy (non-hydrogen) atoms. The number of aryl methyl sites for hydroxylation is 2. The molecule has 4 rings (SSSR count). The number of hydrogen-bond donors (Lipinski definition) is 0. The molecule has 1 saturated heterocycles. The zero-order valence-corrected chi connectivity index (χ0v) is 19.3. The molecule has 0 N–H and O–H groups in total. The van der Waals surface area contributed by atoms with E-state index in [1.807, 2.05) is 26.0 Å². The molecule has 0 aromatic heterocycles. The van der Waals surface area contributed by atoms with Crippen molar-refractivity contribution in [2.75, 3.05) is 26.3 Å². The number of sulfonamides is 1. The van der Waals surface area contributed by atoms with Gasteiger partial charge in [-0.15, -0.1) is 0 Å². The summed E-state index contributed by atoms with van der Waals surface area (Å²) in [5.41, 5.74) is 3.22. The lowest BCUT2D eigenvalue weighted by atomic mass is 9.98. The lowest BCUT2D eigenvalue weighted by Gasteiger charge is -2.30. The van der Waals surface area contributed by atoms with E-state index in [0.717, 1.165) is 23.1 Å². The Morgan fingerprint density at radius 2 is 1.66 bits per heavy atom. The van der Waals surface area contributed by atoms with Crippen LogP contribution in [0.15, 0.2) is 41.3 Å². The van der Waals surface area contributed by atoms with E-state index in [9.17, 15) is 13.2 Å². The van der Waals surface area contributed by atoms with Crippen LogP contribution in [0.5, 0.6) is 11.5 Å². The van der Waals surface area contributed by atoms with Crippen molar-refractivity contribution in [2.45, 2.75) is 44.6 Å². The van der Waals surface area contributed by atoms with E-state index in [0.29, 0.717) is 37.6 Å². The first-order chi connectivity index (χ1) is 15.3. The summed E-state index contributed by atoms with van der Waals surface area (Å²) in [5, 5.41) is 0. The summed E-state index contributed by atoms with van der Waals surface area (Å²) in [6.07, 6.45) is 1.63. The molecule has 1 fully saturated rings. The fourth-order valence-corrected chi connectivity index (χ4v) is 5.70. The van der Waals surface area contributed by atoms with Gasteiger partial charge < -0.3 is 14.2 Å². The van der Waals surface area contributed by atoms with Crippen LogP contribution in [0.4, 0.5) is 0 Å². The molecule has 2 aliphatic heterocycles. The number of esters is 1. The van der Waals surface area contributed by atoms with Gasteiger partial charge in [-0.1, -0.05) is 29.3 Å². The Bertz CT molecular complexity index is 1070. The number of carbonyl (C=O) groups is 1. The van der Waals surface area contributed by atoms with Crippen molar-refractivity contribution in [3.05, 3.63) is 53.1 Å². The lowest BCUT2D eigenvalue weighted by molar-refractivity contribution is -0.151. The van der Waals surface area contributed by atoms with E-state index in [1.54, 1.807) is 12.1 Å². The molecule has 0 aliphatic carbocycles. The van der Waals surface area contributed by atoms with Gasteiger partial charge in [0.2, 0.25) is 10.0 Å². The van der Waals surface area contributed by atoms with Crippen LogP contribution in [-0.4, -0.2) is 45.0 Å². The number of ether oxygens (including phenoxy) is 3. The maximum atomic E-state index is 13.1. The molecule has 172 valence electrons. The Balaban J connectivity index is 1.35. The summed E-state index contributed by atoms with van der Waals surface area (Å²) in [4.78, 5) is 12.7. The molecule has 0 radical (unpaired) electrons. The number of rotatable bonds is 5. The fourth-order valence-electron chi connectivity index (χ4n) is 4.21. The average molecular weight is 460 g/mol. The zero-order chi connectivity index (χ0) is 22.7. The van der Waals surface area contributed by atoms with E-state index in [2.05, 4.69) is 6.07 Å². The van der Waals surface area contributed by atoms with Crippen molar-refractivity contribution >= 4 is 16.0 Å². The number of nitrogens with zero attached hydrogens (tertiary/aromatic N) is 1. The van der Waals surface area contributed by atoms with Gasteiger partial charge in [0.25, 0.3) is 0 Å². The summed E-state index contributed by atoms with van der Waals surface area (Å²) < 4.78 is 44.4. The summed E-state index contributed by atoms with van der Waals surface area (Å²) in [7, 11) is -3.68. The highest BCUT2D eigenvalue weighted by Gasteiger charge is 2.33. The number of carbonyl (C=O) groups excluding carboxylic acids is 1. The summed E-state index contributed by atoms with van der Waals surface area (Å²) in [6, 6.07) is 10.8. The van der Waals surface area contributed by atoms with Crippen molar-refractivity contribution in [1.29, 1.82) is 0 Å². The van der Waals surface area contributed by atoms with Gasteiger partial charge in [-0.3, -0.25) is 4.79 Å². The number of piperidine rings is 1. The predicted molar refractivity (Wildman–Crippen MR) is 119 cm³/mol. The third kappa shape index (κ3) is 5.07. The second kappa shape index (κ2) is 9.50. The molecule has 7 nitrogen and oxygen atoms in total. The third-order valence-electron chi connectivity index (χ3n) is 5.81. The highest BCUT2D eigenvalue weighted by atomic mass is 32.2. The second-order valence-corrected chi connectivity index (χ2v) is 10.4. The molecule has 0 spiro atoms. The van der Waals surface area contributed by atoms with E-state index in [4.69, 9.17) is 14.2 Å². The molecule has 0 unspecified atom stereocenters. The van der Waals surface area contributed by atoms with Gasteiger partial charge in [-0.25, -0.2) is 8.42 Å². The van der Waals surface area contributed by atoms with Crippen molar-refractivity contribution in [3.63, 3.8) is 0 Å². The van der Waals surface area contributed by atoms with Crippen molar-refractivity contribution < 1.29 is 27.4 Å². The summed E-state index contributed by atoms with van der Waals surface area (Å²) in [6.45, 7) is 5.85. The Hall–Kier alpha value is -2.58. The summed E-state index contributed by atoms with van der Waals surface area (Å²) >= 11 is 0. The molecule has 2 aromatic carbocycles. The fraction of sp³-hybridized carbons (Fsp3) is 0.458. The molecule has 2 aromatic rings. The van der Waals surface area contributed by atoms with Gasteiger partial charge in [0.1, 0.15) is 6.61 Å². The van der Waals surface area contributed by atoms with Gasteiger partial charge in [0.15, 0.2) is 11.5 Å². The SMILES string of the molecule is Cc1cc(C)cc(COC(=O)C2CCN(S(=O)(=O)c3ccc4c(c3)OCCCO4)CC2)c1. The topological polar surface area (TPSA) is 82.1 Å². The molecule has 0 bridgehead atoms. The first-order valence-electron chi connectivity index (χ1n) is 11.0. The molecule has 8 heteroatoms. The van der Waals surface area contributed by atoms with Gasteiger partial charge in [-0.05, 0) is 44.4 Å². The normalized spacial score (nSPS) is 17.6. The van der Waals surface area contributed by atoms with Gasteiger partial charge in [-0.2, -0.15) is 4.31 Å².